The summed E-state index contributed by atoms with van der Waals surface area (Å²) < 4.78 is 0. The van der Waals surface area contributed by atoms with Gasteiger partial charge in [-0.05, 0) is 48.2 Å². The number of hydrogen-bond donors (Lipinski definition) is 1. The van der Waals surface area contributed by atoms with Crippen molar-refractivity contribution in [1.82, 2.24) is 0 Å². The number of nitrogen functional groups attached to an aromatic ring is 1. The molecule has 2 rings (SSSR count). The molecule has 2 nitrogen and oxygen atoms in total. The Bertz CT molecular complexity index is 526. The second-order valence-electron chi connectivity index (χ2n) is 5.50. The molecular formula is C18H24N2. The SMILES string of the molecule is CCN(Cc1ccc(C(C)C)cc1)c1ccc(N)cc1. The molecule has 0 saturated carbocycles. The molecule has 2 heteroatoms. The van der Waals surface area contributed by atoms with E-state index in [0.29, 0.717) is 5.92 Å². The Morgan fingerprint density at radius 1 is 0.950 bits per heavy atom. The van der Waals surface area contributed by atoms with Gasteiger partial charge in [0.05, 0.1) is 0 Å². The zero-order valence-corrected chi connectivity index (χ0v) is 12.6. The van der Waals surface area contributed by atoms with Crippen LogP contribution in [-0.4, -0.2) is 6.54 Å². The van der Waals surface area contributed by atoms with Crippen LogP contribution in [0.5, 0.6) is 0 Å². The number of benzene rings is 2. The predicted molar refractivity (Wildman–Crippen MR) is 88.1 cm³/mol. The number of nitrogens with two attached hydrogens (primary N) is 1. The van der Waals surface area contributed by atoms with Gasteiger partial charge in [-0.2, -0.15) is 0 Å². The summed E-state index contributed by atoms with van der Waals surface area (Å²) in [6.45, 7) is 8.54. The van der Waals surface area contributed by atoms with Crippen LogP contribution < -0.4 is 10.6 Å². The third-order valence-corrected chi connectivity index (χ3v) is 3.66. The van der Waals surface area contributed by atoms with E-state index in [9.17, 15) is 0 Å². The van der Waals surface area contributed by atoms with E-state index < -0.39 is 0 Å². The summed E-state index contributed by atoms with van der Waals surface area (Å²) in [4.78, 5) is 2.35. The second-order valence-corrected chi connectivity index (χ2v) is 5.50. The van der Waals surface area contributed by atoms with E-state index in [0.717, 1.165) is 18.8 Å². The summed E-state index contributed by atoms with van der Waals surface area (Å²) in [5, 5.41) is 0. The maximum Gasteiger partial charge on any atom is 0.0429 e. The second kappa shape index (κ2) is 6.47. The van der Waals surface area contributed by atoms with Crippen molar-refractivity contribution >= 4 is 11.4 Å². The molecule has 0 aliphatic rings. The van der Waals surface area contributed by atoms with Crippen LogP contribution in [0.2, 0.25) is 0 Å². The summed E-state index contributed by atoms with van der Waals surface area (Å²) in [6.07, 6.45) is 0. The lowest BCUT2D eigenvalue weighted by Crippen LogP contribution is -2.21. The van der Waals surface area contributed by atoms with Crippen molar-refractivity contribution in [2.75, 3.05) is 17.2 Å². The minimum atomic E-state index is 0.587. The topological polar surface area (TPSA) is 29.3 Å². The Kier molecular flexibility index (Phi) is 4.67. The first-order valence-corrected chi connectivity index (χ1v) is 7.29. The molecule has 2 aromatic rings. The lowest BCUT2D eigenvalue weighted by atomic mass is 10.0. The molecule has 0 aliphatic heterocycles. The van der Waals surface area contributed by atoms with E-state index in [1.165, 1.54) is 16.8 Å². The Morgan fingerprint density at radius 3 is 2.05 bits per heavy atom. The van der Waals surface area contributed by atoms with Crippen LogP contribution in [0.25, 0.3) is 0 Å². The summed E-state index contributed by atoms with van der Waals surface area (Å²) in [5.74, 6) is 0.587. The molecule has 0 aromatic heterocycles. The standard InChI is InChI=1S/C18H24N2/c1-4-20(18-11-9-17(19)10-12-18)13-15-5-7-16(8-6-15)14(2)3/h5-12,14H,4,13,19H2,1-3H3. The highest BCUT2D eigenvalue weighted by Gasteiger charge is 2.06. The summed E-state index contributed by atoms with van der Waals surface area (Å²) in [7, 11) is 0. The van der Waals surface area contributed by atoms with Crippen LogP contribution in [0.15, 0.2) is 48.5 Å². The molecule has 0 bridgehead atoms. The van der Waals surface area contributed by atoms with Gasteiger partial charge in [0.25, 0.3) is 0 Å². The number of hydrogen-bond acceptors (Lipinski definition) is 2. The van der Waals surface area contributed by atoms with Crippen LogP contribution in [0, 0.1) is 0 Å². The summed E-state index contributed by atoms with van der Waals surface area (Å²) >= 11 is 0. The van der Waals surface area contributed by atoms with E-state index >= 15 is 0 Å². The van der Waals surface area contributed by atoms with Gasteiger partial charge in [-0.3, -0.25) is 0 Å². The quantitative estimate of drug-likeness (QED) is 0.813. The highest BCUT2D eigenvalue weighted by atomic mass is 15.1. The van der Waals surface area contributed by atoms with Crippen LogP contribution in [0.3, 0.4) is 0 Å². The predicted octanol–water partition coefficient (Wildman–Crippen LogP) is 4.42. The highest BCUT2D eigenvalue weighted by Crippen LogP contribution is 2.20. The van der Waals surface area contributed by atoms with Gasteiger partial charge in [0.15, 0.2) is 0 Å². The monoisotopic (exact) mass is 268 g/mol. The molecule has 0 saturated heterocycles. The molecule has 0 amide bonds. The average molecular weight is 268 g/mol. The van der Waals surface area contributed by atoms with Crippen molar-refractivity contribution in [2.24, 2.45) is 0 Å². The molecule has 0 fully saturated rings. The first-order chi connectivity index (χ1) is 9.60. The number of anilines is 2. The lowest BCUT2D eigenvalue weighted by molar-refractivity contribution is 0.826. The van der Waals surface area contributed by atoms with Crippen molar-refractivity contribution in [3.05, 3.63) is 59.7 Å². The van der Waals surface area contributed by atoms with Gasteiger partial charge in [0.2, 0.25) is 0 Å². The van der Waals surface area contributed by atoms with E-state index in [1.807, 2.05) is 12.1 Å². The van der Waals surface area contributed by atoms with Gasteiger partial charge in [-0.1, -0.05) is 38.1 Å². The van der Waals surface area contributed by atoms with Crippen LogP contribution in [0.4, 0.5) is 11.4 Å². The average Bonchev–Trinajstić information content (AvgIpc) is 2.46. The van der Waals surface area contributed by atoms with E-state index in [1.54, 1.807) is 0 Å². The highest BCUT2D eigenvalue weighted by molar-refractivity contribution is 5.53. The maximum atomic E-state index is 5.75. The van der Waals surface area contributed by atoms with Gasteiger partial charge in [-0.25, -0.2) is 0 Å². The molecule has 0 radical (unpaired) electrons. The molecule has 0 unspecified atom stereocenters. The molecule has 0 heterocycles. The number of rotatable bonds is 5. The minimum absolute atomic E-state index is 0.587. The maximum absolute atomic E-state index is 5.75. The Morgan fingerprint density at radius 2 is 1.55 bits per heavy atom. The van der Waals surface area contributed by atoms with Gasteiger partial charge in [-0.15, -0.1) is 0 Å². The molecular weight excluding hydrogens is 244 g/mol. The largest absolute Gasteiger partial charge is 0.399 e. The van der Waals surface area contributed by atoms with E-state index in [2.05, 4.69) is 62.1 Å². The third kappa shape index (κ3) is 3.53. The van der Waals surface area contributed by atoms with E-state index in [4.69, 9.17) is 5.73 Å². The van der Waals surface area contributed by atoms with Crippen LogP contribution in [-0.2, 0) is 6.54 Å². The molecule has 0 spiro atoms. The first kappa shape index (κ1) is 14.4. The first-order valence-electron chi connectivity index (χ1n) is 7.29. The van der Waals surface area contributed by atoms with Crippen molar-refractivity contribution in [1.29, 1.82) is 0 Å². The fourth-order valence-electron chi connectivity index (χ4n) is 2.30. The van der Waals surface area contributed by atoms with E-state index in [-0.39, 0.29) is 0 Å². The summed E-state index contributed by atoms with van der Waals surface area (Å²) in [6, 6.07) is 17.0. The lowest BCUT2D eigenvalue weighted by Gasteiger charge is -2.23. The minimum Gasteiger partial charge on any atom is -0.399 e. The molecule has 106 valence electrons. The van der Waals surface area contributed by atoms with Crippen molar-refractivity contribution in [3.8, 4) is 0 Å². The number of nitrogens with zero attached hydrogens (tertiary/aromatic N) is 1. The fraction of sp³-hybridized carbons (Fsp3) is 0.333. The molecule has 0 atom stereocenters. The van der Waals surface area contributed by atoms with Gasteiger partial charge in [0.1, 0.15) is 0 Å². The third-order valence-electron chi connectivity index (χ3n) is 3.66. The Labute approximate surface area is 122 Å². The van der Waals surface area contributed by atoms with Gasteiger partial charge >= 0.3 is 0 Å². The van der Waals surface area contributed by atoms with Gasteiger partial charge < -0.3 is 10.6 Å². The molecule has 0 aliphatic carbocycles. The fourth-order valence-corrected chi connectivity index (χ4v) is 2.30. The van der Waals surface area contributed by atoms with Crippen LogP contribution >= 0.6 is 0 Å². The molecule has 20 heavy (non-hydrogen) atoms. The van der Waals surface area contributed by atoms with Crippen molar-refractivity contribution in [3.63, 3.8) is 0 Å². The Balaban J connectivity index is 2.11. The zero-order chi connectivity index (χ0) is 14.5. The van der Waals surface area contributed by atoms with Crippen molar-refractivity contribution < 1.29 is 0 Å². The van der Waals surface area contributed by atoms with Crippen LogP contribution in [0.1, 0.15) is 37.8 Å². The molecule has 2 N–H and O–H groups in total. The van der Waals surface area contributed by atoms with Gasteiger partial charge in [0, 0.05) is 24.5 Å². The Hall–Kier alpha value is -1.96. The van der Waals surface area contributed by atoms with Crippen molar-refractivity contribution in [2.45, 2.75) is 33.2 Å². The smallest absolute Gasteiger partial charge is 0.0429 e. The normalized spacial score (nSPS) is 10.8. The summed E-state index contributed by atoms with van der Waals surface area (Å²) in [5.41, 5.74) is 10.5. The molecule has 2 aromatic carbocycles. The zero-order valence-electron chi connectivity index (χ0n) is 12.6.